The fourth-order valence-electron chi connectivity index (χ4n) is 3.34. The molecule has 1 fully saturated rings. The molecule has 2 unspecified atom stereocenters. The summed E-state index contributed by atoms with van der Waals surface area (Å²) >= 11 is 0. The van der Waals surface area contributed by atoms with Gasteiger partial charge in [0.2, 0.25) is 5.88 Å². The van der Waals surface area contributed by atoms with Crippen LogP contribution in [0.3, 0.4) is 0 Å². The molecule has 1 aromatic heterocycles. The number of rotatable bonds is 4. The lowest BCUT2D eigenvalue weighted by Crippen LogP contribution is -2.26. The van der Waals surface area contributed by atoms with E-state index in [0.717, 1.165) is 29.4 Å². The van der Waals surface area contributed by atoms with Crippen molar-refractivity contribution in [2.45, 2.75) is 52.7 Å². The van der Waals surface area contributed by atoms with Crippen LogP contribution in [0.4, 0.5) is 0 Å². The minimum Gasteiger partial charge on any atom is -0.472 e. The zero-order chi connectivity index (χ0) is 19.9. The Bertz CT molecular complexity index is 884. The lowest BCUT2D eigenvalue weighted by atomic mass is 10.0. The minimum atomic E-state index is 0. The third-order valence-electron chi connectivity index (χ3n) is 4.81. The van der Waals surface area contributed by atoms with Crippen LogP contribution in [0.5, 0.6) is 5.88 Å². The zero-order valence-electron chi connectivity index (χ0n) is 17.9. The van der Waals surface area contributed by atoms with Crippen LogP contribution in [0.15, 0.2) is 54.6 Å². The molecular weight excluding hydrogens is 362 g/mol. The first kappa shape index (κ1) is 22.8. The zero-order valence-corrected chi connectivity index (χ0v) is 17.9. The molecule has 0 spiro atoms. The SMILES string of the molecule is CC(C)C1CC(Oc2nc(-c3ccccc3)nc3ccccc23)CN1.CCC.O. The molecule has 3 N–H and O–H groups in total. The second-order valence-electron chi connectivity index (χ2n) is 7.68. The van der Waals surface area contributed by atoms with E-state index in [2.05, 4.69) is 33.0 Å². The van der Waals surface area contributed by atoms with E-state index < -0.39 is 0 Å². The summed E-state index contributed by atoms with van der Waals surface area (Å²) < 4.78 is 6.32. The van der Waals surface area contributed by atoms with Gasteiger partial charge in [-0.1, -0.05) is 76.6 Å². The standard InChI is InChI=1S/C21H23N3O.C3H8.H2O/c1-14(2)19-12-16(13-22-19)25-21-17-10-6-7-11-18(17)23-20(24-21)15-8-4-3-5-9-15;1-3-2;/h3-11,14,16,19,22H,12-13H2,1-2H3;3H2,1-2H3;1H2. The molecule has 156 valence electrons. The van der Waals surface area contributed by atoms with Crippen molar-refractivity contribution >= 4 is 10.9 Å². The Morgan fingerprint density at radius 2 is 1.66 bits per heavy atom. The lowest BCUT2D eigenvalue weighted by molar-refractivity contribution is 0.211. The van der Waals surface area contributed by atoms with Crippen molar-refractivity contribution in [2.24, 2.45) is 5.92 Å². The number of benzene rings is 2. The van der Waals surface area contributed by atoms with Crippen molar-refractivity contribution in [1.29, 1.82) is 0 Å². The molecule has 2 heterocycles. The van der Waals surface area contributed by atoms with Crippen molar-refractivity contribution in [2.75, 3.05) is 6.54 Å². The van der Waals surface area contributed by atoms with Gasteiger partial charge in [0.25, 0.3) is 0 Å². The molecular formula is C24H33N3O2. The molecule has 0 radical (unpaired) electrons. The third kappa shape index (κ3) is 5.75. The van der Waals surface area contributed by atoms with E-state index >= 15 is 0 Å². The molecule has 1 aliphatic rings. The van der Waals surface area contributed by atoms with E-state index in [1.165, 1.54) is 6.42 Å². The van der Waals surface area contributed by atoms with Gasteiger partial charge in [-0.05, 0) is 18.1 Å². The fourth-order valence-corrected chi connectivity index (χ4v) is 3.34. The maximum absolute atomic E-state index is 6.32. The van der Waals surface area contributed by atoms with Crippen LogP contribution in [0.1, 0.15) is 40.5 Å². The lowest BCUT2D eigenvalue weighted by Gasteiger charge is -2.16. The van der Waals surface area contributed by atoms with Gasteiger partial charge in [0.1, 0.15) is 6.10 Å². The molecule has 5 nitrogen and oxygen atoms in total. The first-order chi connectivity index (χ1) is 13.6. The number of hydrogen-bond donors (Lipinski definition) is 1. The van der Waals surface area contributed by atoms with Crippen molar-refractivity contribution in [1.82, 2.24) is 15.3 Å². The monoisotopic (exact) mass is 395 g/mol. The number of para-hydroxylation sites is 1. The van der Waals surface area contributed by atoms with Gasteiger partial charge in [0.05, 0.1) is 10.9 Å². The molecule has 1 aliphatic heterocycles. The summed E-state index contributed by atoms with van der Waals surface area (Å²) in [6.45, 7) is 9.60. The molecule has 4 rings (SSSR count). The van der Waals surface area contributed by atoms with Gasteiger partial charge in [0, 0.05) is 24.6 Å². The van der Waals surface area contributed by atoms with Gasteiger partial charge < -0.3 is 15.5 Å². The molecule has 2 atom stereocenters. The summed E-state index contributed by atoms with van der Waals surface area (Å²) in [4.78, 5) is 9.46. The van der Waals surface area contributed by atoms with E-state index in [0.29, 0.717) is 23.7 Å². The maximum atomic E-state index is 6.32. The number of aromatic nitrogens is 2. The minimum absolute atomic E-state index is 0. The molecule has 0 aliphatic carbocycles. The Kier molecular flexibility index (Phi) is 8.55. The molecule has 1 saturated heterocycles. The molecule has 29 heavy (non-hydrogen) atoms. The maximum Gasteiger partial charge on any atom is 0.225 e. The first-order valence-electron chi connectivity index (χ1n) is 10.3. The highest BCUT2D eigenvalue weighted by molar-refractivity contribution is 5.85. The predicted octanol–water partition coefficient (Wildman–Crippen LogP) is 4.65. The third-order valence-corrected chi connectivity index (χ3v) is 4.81. The smallest absolute Gasteiger partial charge is 0.225 e. The second kappa shape index (κ2) is 10.9. The van der Waals surface area contributed by atoms with Crippen LogP contribution in [-0.2, 0) is 0 Å². The largest absolute Gasteiger partial charge is 0.472 e. The van der Waals surface area contributed by atoms with E-state index in [9.17, 15) is 0 Å². The topological polar surface area (TPSA) is 78.5 Å². The van der Waals surface area contributed by atoms with Crippen LogP contribution in [0.25, 0.3) is 22.3 Å². The molecule has 0 amide bonds. The van der Waals surface area contributed by atoms with Crippen LogP contribution in [0.2, 0.25) is 0 Å². The van der Waals surface area contributed by atoms with Gasteiger partial charge in [-0.15, -0.1) is 0 Å². The number of nitrogens with zero attached hydrogens (tertiary/aromatic N) is 2. The van der Waals surface area contributed by atoms with Gasteiger partial charge in [-0.3, -0.25) is 0 Å². The van der Waals surface area contributed by atoms with Crippen molar-refractivity contribution < 1.29 is 10.2 Å². The molecule has 0 saturated carbocycles. The fraction of sp³-hybridized carbons (Fsp3) is 0.417. The van der Waals surface area contributed by atoms with E-state index in [1.54, 1.807) is 0 Å². The first-order valence-corrected chi connectivity index (χ1v) is 10.3. The highest BCUT2D eigenvalue weighted by Crippen LogP contribution is 2.28. The summed E-state index contributed by atoms with van der Waals surface area (Å²) in [5.41, 5.74) is 1.92. The Labute approximate surface area is 173 Å². The Balaban J connectivity index is 0.000000708. The summed E-state index contributed by atoms with van der Waals surface area (Å²) in [6, 6.07) is 18.6. The Hall–Kier alpha value is -2.50. The summed E-state index contributed by atoms with van der Waals surface area (Å²) in [7, 11) is 0. The average Bonchev–Trinajstić information content (AvgIpc) is 3.18. The molecule has 2 aromatic carbocycles. The van der Waals surface area contributed by atoms with Gasteiger partial charge in [-0.2, -0.15) is 4.98 Å². The van der Waals surface area contributed by atoms with Gasteiger partial charge in [-0.25, -0.2) is 4.98 Å². The second-order valence-corrected chi connectivity index (χ2v) is 7.68. The Morgan fingerprint density at radius 1 is 1.00 bits per heavy atom. The molecule has 5 heteroatoms. The number of nitrogens with one attached hydrogen (secondary N) is 1. The molecule has 3 aromatic rings. The van der Waals surface area contributed by atoms with Crippen LogP contribution in [0, 0.1) is 5.92 Å². The van der Waals surface area contributed by atoms with E-state index in [-0.39, 0.29) is 11.6 Å². The summed E-state index contributed by atoms with van der Waals surface area (Å²) in [6.07, 6.45) is 2.41. The Morgan fingerprint density at radius 3 is 2.31 bits per heavy atom. The van der Waals surface area contributed by atoms with Gasteiger partial charge in [0.15, 0.2) is 5.82 Å². The van der Waals surface area contributed by atoms with Crippen LogP contribution < -0.4 is 10.1 Å². The van der Waals surface area contributed by atoms with Crippen molar-refractivity contribution in [3.63, 3.8) is 0 Å². The summed E-state index contributed by atoms with van der Waals surface area (Å²) in [5.74, 6) is 2.00. The quantitative estimate of drug-likeness (QED) is 0.697. The number of hydrogen-bond acceptors (Lipinski definition) is 4. The molecule has 0 bridgehead atoms. The highest BCUT2D eigenvalue weighted by Gasteiger charge is 2.28. The average molecular weight is 396 g/mol. The normalized spacial score (nSPS) is 18.1. The van der Waals surface area contributed by atoms with Crippen molar-refractivity contribution in [3.05, 3.63) is 54.6 Å². The highest BCUT2D eigenvalue weighted by atomic mass is 16.5. The number of fused-ring (bicyclic) bond motifs is 1. The number of ether oxygens (including phenoxy) is 1. The van der Waals surface area contributed by atoms with E-state index in [4.69, 9.17) is 14.7 Å². The van der Waals surface area contributed by atoms with Crippen LogP contribution in [-0.4, -0.2) is 34.1 Å². The van der Waals surface area contributed by atoms with Crippen LogP contribution >= 0.6 is 0 Å². The predicted molar refractivity (Wildman–Crippen MR) is 120 cm³/mol. The summed E-state index contributed by atoms with van der Waals surface area (Å²) in [5, 5.41) is 4.52. The van der Waals surface area contributed by atoms with E-state index in [1.807, 2.05) is 54.6 Å². The van der Waals surface area contributed by atoms with Gasteiger partial charge >= 0.3 is 0 Å². The van der Waals surface area contributed by atoms with Crippen molar-refractivity contribution in [3.8, 4) is 17.3 Å².